The van der Waals surface area contributed by atoms with Crippen LogP contribution in [0.15, 0.2) is 79.4 Å². The zero-order valence-corrected chi connectivity index (χ0v) is 15.7. The molecule has 28 heavy (non-hydrogen) atoms. The van der Waals surface area contributed by atoms with Gasteiger partial charge in [0, 0.05) is 34.4 Å². The van der Waals surface area contributed by atoms with Crippen molar-refractivity contribution < 1.29 is 14.3 Å². The topological polar surface area (TPSA) is 35.5 Å². The van der Waals surface area contributed by atoms with Gasteiger partial charge in [0.25, 0.3) is 0 Å². The summed E-state index contributed by atoms with van der Waals surface area (Å²) in [4.78, 5) is 11.9. The summed E-state index contributed by atoms with van der Waals surface area (Å²) in [5, 5.41) is 1.86. The van der Waals surface area contributed by atoms with Crippen LogP contribution < -0.4 is 9.47 Å². The van der Waals surface area contributed by atoms with E-state index in [0.717, 1.165) is 46.9 Å². The zero-order chi connectivity index (χ0) is 19.3. The van der Waals surface area contributed by atoms with E-state index >= 15 is 0 Å². The summed E-state index contributed by atoms with van der Waals surface area (Å²) < 4.78 is 12.0. The first kappa shape index (κ1) is 18.1. The Hall–Kier alpha value is -3.33. The van der Waals surface area contributed by atoms with E-state index in [1.165, 1.54) is 11.6 Å². The van der Waals surface area contributed by atoms with Crippen molar-refractivity contribution >= 4 is 16.7 Å². The van der Waals surface area contributed by atoms with Gasteiger partial charge in [0.05, 0.1) is 6.61 Å². The van der Waals surface area contributed by atoms with Crippen LogP contribution in [0.25, 0.3) is 10.8 Å². The monoisotopic (exact) mass is 370 g/mol. The van der Waals surface area contributed by atoms with Crippen molar-refractivity contribution in [2.75, 3.05) is 6.61 Å². The molecule has 0 unspecified atom stereocenters. The van der Waals surface area contributed by atoms with E-state index < -0.39 is 5.97 Å². The Bertz CT molecular complexity index is 1050. The fourth-order valence-electron chi connectivity index (χ4n) is 3.65. The highest BCUT2D eigenvalue weighted by Crippen LogP contribution is 2.43. The van der Waals surface area contributed by atoms with Gasteiger partial charge in [-0.15, -0.1) is 0 Å². The SMILES string of the molecule is C=CC(=O)Oc1c2c(c(OCCc3ccccc3)c3ccccc13)CC=CC2. The third-order valence-electron chi connectivity index (χ3n) is 4.99. The molecule has 3 aromatic rings. The van der Waals surface area contributed by atoms with Crippen LogP contribution in [0.5, 0.6) is 11.5 Å². The molecule has 3 heteroatoms. The van der Waals surface area contributed by atoms with Gasteiger partial charge in [0.1, 0.15) is 11.5 Å². The van der Waals surface area contributed by atoms with Crippen LogP contribution >= 0.6 is 0 Å². The Morgan fingerprint density at radius 3 is 2.18 bits per heavy atom. The van der Waals surface area contributed by atoms with E-state index in [9.17, 15) is 4.79 Å². The first-order valence-electron chi connectivity index (χ1n) is 9.50. The second-order valence-electron chi connectivity index (χ2n) is 6.75. The number of hydrogen-bond acceptors (Lipinski definition) is 3. The molecule has 0 amide bonds. The molecule has 0 saturated carbocycles. The largest absolute Gasteiger partial charge is 0.492 e. The molecule has 1 aliphatic rings. The summed E-state index contributed by atoms with van der Waals surface area (Å²) >= 11 is 0. The van der Waals surface area contributed by atoms with Crippen LogP contribution in [-0.2, 0) is 24.1 Å². The molecule has 0 heterocycles. The highest BCUT2D eigenvalue weighted by Gasteiger charge is 2.23. The van der Waals surface area contributed by atoms with Crippen molar-refractivity contribution in [1.82, 2.24) is 0 Å². The number of rotatable bonds is 6. The van der Waals surface area contributed by atoms with Gasteiger partial charge in [-0.1, -0.05) is 73.3 Å². The van der Waals surface area contributed by atoms with Gasteiger partial charge >= 0.3 is 5.97 Å². The third kappa shape index (κ3) is 3.56. The fourth-order valence-corrected chi connectivity index (χ4v) is 3.65. The van der Waals surface area contributed by atoms with Gasteiger partial charge in [-0.3, -0.25) is 0 Å². The molecular formula is C25H22O3. The predicted octanol–water partition coefficient (Wildman–Crippen LogP) is 5.21. The first-order chi connectivity index (χ1) is 13.8. The average Bonchev–Trinajstić information content (AvgIpc) is 2.76. The van der Waals surface area contributed by atoms with E-state index in [1.807, 2.05) is 42.5 Å². The Balaban J connectivity index is 1.75. The van der Waals surface area contributed by atoms with Gasteiger partial charge in [0.2, 0.25) is 0 Å². The van der Waals surface area contributed by atoms with Crippen LogP contribution in [-0.4, -0.2) is 12.6 Å². The molecule has 0 radical (unpaired) electrons. The Kier molecular flexibility index (Phi) is 5.24. The standard InChI is InChI=1S/C25H22O3/c1-2-23(26)28-25-21-14-8-6-12-19(21)24(20-13-7-9-15-22(20)25)27-17-16-18-10-4-3-5-11-18/h2-12,14H,1,13,15-17H2. The Morgan fingerprint density at radius 1 is 0.893 bits per heavy atom. The maximum Gasteiger partial charge on any atom is 0.335 e. The summed E-state index contributed by atoms with van der Waals surface area (Å²) in [6.07, 6.45) is 7.77. The smallest absolute Gasteiger partial charge is 0.335 e. The molecule has 0 aromatic heterocycles. The van der Waals surface area contributed by atoms with E-state index in [0.29, 0.717) is 12.4 Å². The molecule has 0 fully saturated rings. The lowest BCUT2D eigenvalue weighted by Crippen LogP contribution is -2.12. The number of allylic oxidation sites excluding steroid dienone is 2. The van der Waals surface area contributed by atoms with Crippen molar-refractivity contribution in [2.45, 2.75) is 19.3 Å². The summed E-state index contributed by atoms with van der Waals surface area (Å²) in [7, 11) is 0. The molecule has 0 aliphatic heterocycles. The van der Waals surface area contributed by atoms with Crippen molar-refractivity contribution in [3.05, 3.63) is 96.1 Å². The molecule has 0 bridgehead atoms. The van der Waals surface area contributed by atoms with Gasteiger partial charge < -0.3 is 9.47 Å². The molecule has 3 nitrogen and oxygen atoms in total. The molecule has 0 spiro atoms. The van der Waals surface area contributed by atoms with E-state index in [1.54, 1.807) is 0 Å². The zero-order valence-electron chi connectivity index (χ0n) is 15.7. The van der Waals surface area contributed by atoms with Crippen molar-refractivity contribution in [3.63, 3.8) is 0 Å². The van der Waals surface area contributed by atoms with E-state index in [2.05, 4.69) is 30.9 Å². The number of fused-ring (bicyclic) bond motifs is 2. The second kappa shape index (κ2) is 8.13. The van der Waals surface area contributed by atoms with Gasteiger partial charge in [0.15, 0.2) is 0 Å². The summed E-state index contributed by atoms with van der Waals surface area (Å²) in [5.41, 5.74) is 3.37. The van der Waals surface area contributed by atoms with Crippen molar-refractivity contribution in [2.24, 2.45) is 0 Å². The Labute approximate surface area is 164 Å². The minimum atomic E-state index is -0.445. The maximum absolute atomic E-state index is 11.9. The van der Waals surface area contributed by atoms with E-state index in [-0.39, 0.29) is 0 Å². The molecule has 0 N–H and O–H groups in total. The first-order valence-corrected chi connectivity index (χ1v) is 9.50. The van der Waals surface area contributed by atoms with Gasteiger partial charge in [-0.2, -0.15) is 0 Å². The molecule has 1 aliphatic carbocycles. The number of carbonyl (C=O) groups excluding carboxylic acids is 1. The fraction of sp³-hybridized carbons (Fsp3) is 0.160. The Morgan fingerprint density at radius 2 is 1.50 bits per heavy atom. The maximum atomic E-state index is 11.9. The minimum absolute atomic E-state index is 0.445. The second-order valence-corrected chi connectivity index (χ2v) is 6.75. The summed E-state index contributed by atoms with van der Waals surface area (Å²) in [6.45, 7) is 4.12. The lowest BCUT2D eigenvalue weighted by Gasteiger charge is -2.22. The van der Waals surface area contributed by atoms with Crippen LogP contribution in [0.4, 0.5) is 0 Å². The van der Waals surface area contributed by atoms with Gasteiger partial charge in [-0.25, -0.2) is 4.79 Å². The number of esters is 1. The van der Waals surface area contributed by atoms with Crippen LogP contribution in [0, 0.1) is 0 Å². The molecule has 0 atom stereocenters. The lowest BCUT2D eigenvalue weighted by atomic mass is 9.90. The highest BCUT2D eigenvalue weighted by atomic mass is 16.5. The number of benzene rings is 3. The summed E-state index contributed by atoms with van der Waals surface area (Å²) in [6, 6.07) is 18.3. The molecular weight excluding hydrogens is 348 g/mol. The number of carbonyl (C=O) groups is 1. The average molecular weight is 370 g/mol. The number of ether oxygens (including phenoxy) is 2. The normalized spacial score (nSPS) is 12.4. The highest BCUT2D eigenvalue weighted by molar-refractivity contribution is 5.98. The molecule has 140 valence electrons. The summed E-state index contributed by atoms with van der Waals surface area (Å²) in [5.74, 6) is 1.07. The predicted molar refractivity (Wildman–Crippen MR) is 112 cm³/mol. The lowest BCUT2D eigenvalue weighted by molar-refractivity contribution is -0.128. The third-order valence-corrected chi connectivity index (χ3v) is 4.99. The molecule has 4 rings (SSSR count). The minimum Gasteiger partial charge on any atom is -0.492 e. The van der Waals surface area contributed by atoms with Crippen molar-refractivity contribution in [3.8, 4) is 11.5 Å². The van der Waals surface area contributed by atoms with Crippen LogP contribution in [0.3, 0.4) is 0 Å². The van der Waals surface area contributed by atoms with Crippen LogP contribution in [0.1, 0.15) is 16.7 Å². The molecule has 0 saturated heterocycles. The molecule has 3 aromatic carbocycles. The number of hydrogen-bond donors (Lipinski definition) is 0. The van der Waals surface area contributed by atoms with Crippen molar-refractivity contribution in [1.29, 1.82) is 0 Å². The van der Waals surface area contributed by atoms with Gasteiger partial charge in [-0.05, 0) is 18.4 Å². The quantitative estimate of drug-likeness (QED) is 0.259. The van der Waals surface area contributed by atoms with E-state index in [4.69, 9.17) is 9.47 Å². The van der Waals surface area contributed by atoms with Crippen LogP contribution in [0.2, 0.25) is 0 Å².